The third-order valence-corrected chi connectivity index (χ3v) is 8.54. The SMILES string of the molecule is CC[C@H]1O[C@@H](n2cc(Br)c(=O)[nH]c2=O)CC1OP1O[C@@H](c2ccccc2)[C@H]2CCCN21. The summed E-state index contributed by atoms with van der Waals surface area (Å²) >= 11 is 3.19. The monoisotopic (exact) mass is 509 g/mol. The number of benzene rings is 1. The Kier molecular flexibility index (Phi) is 6.16. The van der Waals surface area contributed by atoms with Crippen LogP contribution in [0.5, 0.6) is 0 Å². The molecule has 10 heteroatoms. The lowest BCUT2D eigenvalue weighted by Gasteiger charge is -2.25. The van der Waals surface area contributed by atoms with Gasteiger partial charge in [0.15, 0.2) is 0 Å². The molecule has 3 fully saturated rings. The standard InChI is InChI=1S/C21H25BrN3O5P/c1-2-16-17(11-18(28-16)24-12-14(22)20(26)23-21(24)27)29-31-25-10-6-9-15(25)19(30-31)13-7-4-3-5-8-13/h3-5,7-8,12,15-19H,2,6,9-11H2,1H3,(H,23,26,27)/t15-,16-,17?,18-,19+,31?/m1/s1. The first-order chi connectivity index (χ1) is 15.0. The van der Waals surface area contributed by atoms with E-state index < -0.39 is 26.0 Å². The summed E-state index contributed by atoms with van der Waals surface area (Å²) in [4.78, 5) is 26.3. The molecule has 8 nitrogen and oxygen atoms in total. The first-order valence-electron chi connectivity index (χ1n) is 10.7. The molecule has 1 aromatic carbocycles. The maximum absolute atomic E-state index is 12.3. The van der Waals surface area contributed by atoms with Crippen molar-refractivity contribution in [2.24, 2.45) is 0 Å². The number of nitrogens with one attached hydrogen (secondary N) is 1. The minimum Gasteiger partial charge on any atom is -0.352 e. The van der Waals surface area contributed by atoms with Gasteiger partial charge >= 0.3 is 5.69 Å². The molecule has 3 aliphatic rings. The number of aromatic amines is 1. The Morgan fingerprint density at radius 2 is 2.10 bits per heavy atom. The maximum atomic E-state index is 12.3. The Labute approximate surface area is 189 Å². The van der Waals surface area contributed by atoms with Crippen LogP contribution in [0, 0.1) is 0 Å². The smallest absolute Gasteiger partial charge is 0.330 e. The predicted octanol–water partition coefficient (Wildman–Crippen LogP) is 3.84. The van der Waals surface area contributed by atoms with Crippen molar-refractivity contribution < 1.29 is 13.8 Å². The van der Waals surface area contributed by atoms with Crippen molar-refractivity contribution in [1.82, 2.24) is 14.2 Å². The van der Waals surface area contributed by atoms with E-state index in [1.54, 1.807) is 0 Å². The highest BCUT2D eigenvalue weighted by Gasteiger charge is 2.49. The summed E-state index contributed by atoms with van der Waals surface area (Å²) in [6, 6.07) is 10.7. The van der Waals surface area contributed by atoms with Gasteiger partial charge in [-0.05, 0) is 40.8 Å². The molecule has 166 valence electrons. The third kappa shape index (κ3) is 4.08. The molecule has 0 radical (unpaired) electrons. The minimum atomic E-state index is -1.20. The fourth-order valence-electron chi connectivity index (χ4n) is 4.66. The quantitative estimate of drug-likeness (QED) is 0.616. The zero-order chi connectivity index (χ0) is 21.5. The molecular formula is C21H25BrN3O5P. The Bertz CT molecular complexity index is 1050. The van der Waals surface area contributed by atoms with Crippen LogP contribution in [0.4, 0.5) is 0 Å². The minimum absolute atomic E-state index is 0.0192. The van der Waals surface area contributed by atoms with Crippen molar-refractivity contribution >= 4 is 24.5 Å². The summed E-state index contributed by atoms with van der Waals surface area (Å²) in [5.74, 6) is 0. The number of halogens is 1. The van der Waals surface area contributed by atoms with Crippen LogP contribution in [-0.2, 0) is 13.8 Å². The molecule has 4 heterocycles. The molecule has 3 aliphatic heterocycles. The highest BCUT2D eigenvalue weighted by molar-refractivity contribution is 9.10. The highest BCUT2D eigenvalue weighted by atomic mass is 79.9. The number of hydrogen-bond donors (Lipinski definition) is 1. The van der Waals surface area contributed by atoms with Crippen LogP contribution in [0.25, 0.3) is 0 Å². The van der Waals surface area contributed by atoms with E-state index in [1.807, 2.05) is 25.1 Å². The molecule has 2 aromatic rings. The van der Waals surface area contributed by atoms with E-state index in [2.05, 4.69) is 37.7 Å². The Morgan fingerprint density at radius 1 is 1.29 bits per heavy atom. The van der Waals surface area contributed by atoms with Crippen molar-refractivity contribution in [3.63, 3.8) is 0 Å². The second-order valence-corrected chi connectivity index (χ2v) is 10.4. The van der Waals surface area contributed by atoms with E-state index in [0.717, 1.165) is 25.8 Å². The highest BCUT2D eigenvalue weighted by Crippen LogP contribution is 2.61. The van der Waals surface area contributed by atoms with Crippen LogP contribution < -0.4 is 11.2 Å². The molecule has 0 saturated carbocycles. The first kappa shape index (κ1) is 21.5. The number of fused-ring (bicyclic) bond motifs is 1. The van der Waals surface area contributed by atoms with Gasteiger partial charge in [0.05, 0.1) is 16.7 Å². The second kappa shape index (κ2) is 8.89. The van der Waals surface area contributed by atoms with E-state index in [4.69, 9.17) is 13.8 Å². The number of rotatable bonds is 5. The third-order valence-electron chi connectivity index (χ3n) is 6.20. The average Bonchev–Trinajstić information content (AvgIpc) is 3.48. The van der Waals surface area contributed by atoms with Gasteiger partial charge in [-0.1, -0.05) is 37.3 Å². The fourth-order valence-corrected chi connectivity index (χ4v) is 6.97. The van der Waals surface area contributed by atoms with Gasteiger partial charge in [-0.3, -0.25) is 14.3 Å². The molecule has 3 saturated heterocycles. The van der Waals surface area contributed by atoms with Crippen LogP contribution in [0.2, 0.25) is 0 Å². The summed E-state index contributed by atoms with van der Waals surface area (Å²) in [5, 5.41) is 0. The van der Waals surface area contributed by atoms with E-state index in [-0.39, 0.29) is 18.3 Å². The number of aromatic nitrogens is 2. The lowest BCUT2D eigenvalue weighted by molar-refractivity contribution is -0.0190. The normalized spacial score (nSPS) is 33.1. The van der Waals surface area contributed by atoms with Gasteiger partial charge in [0.2, 0.25) is 0 Å². The van der Waals surface area contributed by atoms with Crippen LogP contribution in [0.15, 0.2) is 50.6 Å². The van der Waals surface area contributed by atoms with Gasteiger partial charge in [0, 0.05) is 25.2 Å². The molecule has 0 aliphatic carbocycles. The van der Waals surface area contributed by atoms with E-state index in [9.17, 15) is 9.59 Å². The van der Waals surface area contributed by atoms with Gasteiger partial charge in [-0.25, -0.2) is 9.46 Å². The van der Waals surface area contributed by atoms with Crippen LogP contribution in [0.1, 0.15) is 50.5 Å². The summed E-state index contributed by atoms with van der Waals surface area (Å²) in [5.41, 5.74) is 0.249. The predicted molar refractivity (Wildman–Crippen MR) is 120 cm³/mol. The molecule has 0 amide bonds. The zero-order valence-corrected chi connectivity index (χ0v) is 19.6. The maximum Gasteiger partial charge on any atom is 0.330 e. The van der Waals surface area contributed by atoms with Crippen molar-refractivity contribution in [2.75, 3.05) is 6.54 Å². The second-order valence-electron chi connectivity index (χ2n) is 8.11. The number of H-pyrrole nitrogens is 1. The molecule has 1 N–H and O–H groups in total. The topological polar surface area (TPSA) is 85.8 Å². The van der Waals surface area contributed by atoms with Gasteiger partial charge in [0.25, 0.3) is 14.1 Å². The molecule has 2 unspecified atom stereocenters. The Balaban J connectivity index is 1.34. The number of ether oxygens (including phenoxy) is 1. The lowest BCUT2D eigenvalue weighted by atomic mass is 10.0. The van der Waals surface area contributed by atoms with Crippen LogP contribution in [0.3, 0.4) is 0 Å². The van der Waals surface area contributed by atoms with Crippen LogP contribution in [-0.4, -0.2) is 39.0 Å². The van der Waals surface area contributed by atoms with E-state index >= 15 is 0 Å². The molecular weight excluding hydrogens is 485 g/mol. The Morgan fingerprint density at radius 3 is 2.87 bits per heavy atom. The molecule has 31 heavy (non-hydrogen) atoms. The van der Waals surface area contributed by atoms with Gasteiger partial charge < -0.3 is 13.8 Å². The molecule has 1 aromatic heterocycles. The first-order valence-corrected chi connectivity index (χ1v) is 12.6. The molecule has 5 rings (SSSR count). The zero-order valence-electron chi connectivity index (χ0n) is 17.1. The lowest BCUT2D eigenvalue weighted by Crippen LogP contribution is -2.32. The van der Waals surface area contributed by atoms with Gasteiger partial charge in [0.1, 0.15) is 12.3 Å². The summed E-state index contributed by atoms with van der Waals surface area (Å²) in [6.07, 6.45) is 4.20. The van der Waals surface area contributed by atoms with E-state index in [0.29, 0.717) is 16.9 Å². The largest absolute Gasteiger partial charge is 0.352 e. The summed E-state index contributed by atoms with van der Waals surface area (Å²) in [7, 11) is -1.20. The van der Waals surface area contributed by atoms with Crippen molar-refractivity contribution in [2.45, 2.75) is 63.2 Å². The fraction of sp³-hybridized carbons (Fsp3) is 0.524. The Hall–Kier alpha value is -1.35. The van der Waals surface area contributed by atoms with Crippen molar-refractivity contribution in [3.05, 3.63) is 67.4 Å². The summed E-state index contributed by atoms with van der Waals surface area (Å²) in [6.45, 7) is 3.02. The average molecular weight is 510 g/mol. The molecule has 6 atom stereocenters. The molecule has 0 spiro atoms. The van der Waals surface area contributed by atoms with E-state index in [1.165, 1.54) is 16.3 Å². The van der Waals surface area contributed by atoms with Gasteiger partial charge in [-0.2, -0.15) is 0 Å². The van der Waals surface area contributed by atoms with Crippen molar-refractivity contribution in [3.8, 4) is 0 Å². The van der Waals surface area contributed by atoms with Crippen LogP contribution >= 0.6 is 24.5 Å². The summed E-state index contributed by atoms with van der Waals surface area (Å²) < 4.78 is 23.2. The van der Waals surface area contributed by atoms with Crippen molar-refractivity contribution in [1.29, 1.82) is 0 Å². The van der Waals surface area contributed by atoms with Gasteiger partial charge in [-0.15, -0.1) is 0 Å². The number of nitrogens with zero attached hydrogens (tertiary/aromatic N) is 2. The number of hydrogen-bond acceptors (Lipinski definition) is 6. The molecule has 0 bridgehead atoms.